The van der Waals surface area contributed by atoms with Crippen LogP contribution in [0.15, 0.2) is 12.2 Å². The van der Waals surface area contributed by atoms with E-state index in [4.69, 9.17) is 0 Å². The average Bonchev–Trinajstić information content (AvgIpc) is 2.39. The third kappa shape index (κ3) is 1.00. The third-order valence-electron chi connectivity index (χ3n) is 3.26. The maximum absolute atomic E-state index is 2.42. The van der Waals surface area contributed by atoms with Gasteiger partial charge < -0.3 is 0 Å². The van der Waals surface area contributed by atoms with Gasteiger partial charge in [0.1, 0.15) is 0 Å². The molecule has 0 N–H and O–H groups in total. The highest BCUT2D eigenvalue weighted by molar-refractivity contribution is 4.99. The maximum Gasteiger partial charge on any atom is -0.0348 e. The van der Waals surface area contributed by atoms with Crippen LogP contribution in [0.25, 0.3) is 0 Å². The normalized spacial score (nSPS) is 48.7. The Morgan fingerprint density at radius 1 is 1.00 bits per heavy atom. The van der Waals surface area contributed by atoms with E-state index in [1.807, 2.05) is 0 Å². The van der Waals surface area contributed by atoms with Crippen molar-refractivity contribution in [2.45, 2.75) is 32.6 Å². The summed E-state index contributed by atoms with van der Waals surface area (Å²) in [5.74, 6) is 3.26. The standard InChI is InChI=1S/C10H16/c1-8-9-6-4-2-3-5-7-10(8)9/h2-3,8-10H,4-7H2,1H3/b3-2+/t8-,9-,10+. The summed E-state index contributed by atoms with van der Waals surface area (Å²) in [6.45, 7) is 2.42. The Hall–Kier alpha value is -0.260. The van der Waals surface area contributed by atoms with Crippen molar-refractivity contribution in [3.63, 3.8) is 0 Å². The number of allylic oxidation sites excluding steroid dienone is 2. The van der Waals surface area contributed by atoms with Crippen LogP contribution in [0, 0.1) is 17.8 Å². The Morgan fingerprint density at radius 3 is 2.00 bits per heavy atom. The van der Waals surface area contributed by atoms with Gasteiger partial charge in [0, 0.05) is 0 Å². The Bertz CT molecular complexity index is 130. The van der Waals surface area contributed by atoms with Gasteiger partial charge in [-0.15, -0.1) is 0 Å². The first-order chi connectivity index (χ1) is 4.89. The van der Waals surface area contributed by atoms with Gasteiger partial charge in [-0.25, -0.2) is 0 Å². The molecule has 10 heavy (non-hydrogen) atoms. The highest BCUT2D eigenvalue weighted by Gasteiger charge is 2.44. The van der Waals surface area contributed by atoms with Crippen molar-refractivity contribution in [2.24, 2.45) is 17.8 Å². The molecule has 0 nitrogen and oxygen atoms in total. The molecule has 1 fully saturated rings. The molecule has 1 saturated carbocycles. The summed E-state index contributed by atoms with van der Waals surface area (Å²) in [5, 5.41) is 0. The van der Waals surface area contributed by atoms with Crippen LogP contribution < -0.4 is 0 Å². The fourth-order valence-corrected chi connectivity index (χ4v) is 2.40. The van der Waals surface area contributed by atoms with Crippen molar-refractivity contribution in [1.82, 2.24) is 0 Å². The Morgan fingerprint density at radius 2 is 1.50 bits per heavy atom. The zero-order valence-electron chi connectivity index (χ0n) is 6.72. The number of hydrogen-bond acceptors (Lipinski definition) is 0. The van der Waals surface area contributed by atoms with Crippen LogP contribution in [0.3, 0.4) is 0 Å². The van der Waals surface area contributed by atoms with Crippen LogP contribution in [-0.4, -0.2) is 0 Å². The predicted octanol–water partition coefficient (Wildman–Crippen LogP) is 3.00. The van der Waals surface area contributed by atoms with Gasteiger partial charge >= 0.3 is 0 Å². The molecule has 0 spiro atoms. The third-order valence-corrected chi connectivity index (χ3v) is 3.26. The minimum absolute atomic E-state index is 1.06. The quantitative estimate of drug-likeness (QED) is 0.449. The first-order valence-corrected chi connectivity index (χ1v) is 4.54. The minimum Gasteiger partial charge on any atom is -0.0885 e. The van der Waals surface area contributed by atoms with E-state index in [0.717, 1.165) is 17.8 Å². The summed E-state index contributed by atoms with van der Waals surface area (Å²) in [5.41, 5.74) is 0. The lowest BCUT2D eigenvalue weighted by molar-refractivity contribution is 0.605. The topological polar surface area (TPSA) is 0 Å². The summed E-state index contributed by atoms with van der Waals surface area (Å²) in [7, 11) is 0. The average molecular weight is 136 g/mol. The van der Waals surface area contributed by atoms with Gasteiger partial charge in [-0.1, -0.05) is 19.1 Å². The first kappa shape index (κ1) is 6.45. The summed E-state index contributed by atoms with van der Waals surface area (Å²) >= 11 is 0. The van der Waals surface area contributed by atoms with Crippen molar-refractivity contribution >= 4 is 0 Å². The summed E-state index contributed by atoms with van der Waals surface area (Å²) in [4.78, 5) is 0. The lowest BCUT2D eigenvalue weighted by Crippen LogP contribution is -1.85. The highest BCUT2D eigenvalue weighted by Crippen LogP contribution is 2.52. The fraction of sp³-hybridized carbons (Fsp3) is 0.800. The summed E-state index contributed by atoms with van der Waals surface area (Å²) in [6.07, 6.45) is 10.3. The van der Waals surface area contributed by atoms with Gasteiger partial charge in [0.15, 0.2) is 0 Å². The molecule has 0 heteroatoms. The van der Waals surface area contributed by atoms with Crippen molar-refractivity contribution < 1.29 is 0 Å². The second kappa shape index (κ2) is 2.41. The van der Waals surface area contributed by atoms with E-state index >= 15 is 0 Å². The molecule has 2 aliphatic carbocycles. The molecule has 0 bridgehead atoms. The Labute approximate surface area is 63.3 Å². The van der Waals surface area contributed by atoms with E-state index in [-0.39, 0.29) is 0 Å². The van der Waals surface area contributed by atoms with Crippen molar-refractivity contribution in [3.8, 4) is 0 Å². The highest BCUT2D eigenvalue weighted by atomic mass is 14.5. The Balaban J connectivity index is 1.94. The van der Waals surface area contributed by atoms with Crippen LogP contribution in [0.2, 0.25) is 0 Å². The molecular formula is C10H16. The monoisotopic (exact) mass is 136 g/mol. The largest absolute Gasteiger partial charge is 0.0885 e. The predicted molar refractivity (Wildman–Crippen MR) is 43.8 cm³/mol. The molecule has 0 heterocycles. The van der Waals surface area contributed by atoms with E-state index in [1.54, 1.807) is 0 Å². The molecule has 0 aromatic heterocycles. The molecule has 2 aliphatic rings. The molecule has 0 radical (unpaired) electrons. The zero-order valence-corrected chi connectivity index (χ0v) is 6.72. The van der Waals surface area contributed by atoms with E-state index < -0.39 is 0 Å². The summed E-state index contributed by atoms with van der Waals surface area (Å²) < 4.78 is 0. The van der Waals surface area contributed by atoms with Crippen LogP contribution in [0.1, 0.15) is 32.6 Å². The van der Waals surface area contributed by atoms with E-state index in [0.29, 0.717) is 0 Å². The van der Waals surface area contributed by atoms with Crippen LogP contribution >= 0.6 is 0 Å². The Kier molecular flexibility index (Phi) is 1.55. The molecule has 2 rings (SSSR count). The van der Waals surface area contributed by atoms with Crippen LogP contribution in [-0.2, 0) is 0 Å². The second-order valence-corrected chi connectivity index (χ2v) is 3.81. The van der Waals surface area contributed by atoms with Gasteiger partial charge in [-0.2, -0.15) is 0 Å². The maximum atomic E-state index is 2.42. The number of fused-ring (bicyclic) bond motifs is 1. The van der Waals surface area contributed by atoms with Gasteiger partial charge in [-0.05, 0) is 43.4 Å². The van der Waals surface area contributed by atoms with Crippen LogP contribution in [0.5, 0.6) is 0 Å². The van der Waals surface area contributed by atoms with Crippen molar-refractivity contribution in [2.75, 3.05) is 0 Å². The molecule has 0 aromatic rings. The molecule has 0 amide bonds. The SMILES string of the molecule is C[C@@H]1[C@H]2CC/C=C/CC[C@@H]12. The van der Waals surface area contributed by atoms with Gasteiger partial charge in [0.05, 0.1) is 0 Å². The van der Waals surface area contributed by atoms with Gasteiger partial charge in [0.25, 0.3) is 0 Å². The zero-order chi connectivity index (χ0) is 6.97. The van der Waals surface area contributed by atoms with E-state index in [9.17, 15) is 0 Å². The molecule has 0 aromatic carbocycles. The van der Waals surface area contributed by atoms with Gasteiger partial charge in [0.2, 0.25) is 0 Å². The number of rotatable bonds is 0. The lowest BCUT2D eigenvalue weighted by atomic mass is 10.1. The van der Waals surface area contributed by atoms with E-state index in [1.165, 1.54) is 25.7 Å². The van der Waals surface area contributed by atoms with Gasteiger partial charge in [-0.3, -0.25) is 0 Å². The minimum atomic E-state index is 1.06. The van der Waals surface area contributed by atoms with Crippen molar-refractivity contribution in [3.05, 3.63) is 12.2 Å². The molecule has 0 unspecified atom stereocenters. The summed E-state index contributed by atoms with van der Waals surface area (Å²) in [6, 6.07) is 0. The van der Waals surface area contributed by atoms with Crippen LogP contribution in [0.4, 0.5) is 0 Å². The number of hydrogen-bond donors (Lipinski definition) is 0. The van der Waals surface area contributed by atoms with E-state index in [2.05, 4.69) is 19.1 Å². The fourth-order valence-electron chi connectivity index (χ4n) is 2.40. The molecule has 0 aliphatic heterocycles. The first-order valence-electron chi connectivity index (χ1n) is 4.54. The molecular weight excluding hydrogens is 120 g/mol. The molecule has 3 atom stereocenters. The molecule has 0 saturated heterocycles. The smallest absolute Gasteiger partial charge is 0.0348 e. The molecule has 56 valence electrons. The second-order valence-electron chi connectivity index (χ2n) is 3.81. The lowest BCUT2D eigenvalue weighted by Gasteiger charge is -1.99. The van der Waals surface area contributed by atoms with Crippen molar-refractivity contribution in [1.29, 1.82) is 0 Å².